The summed E-state index contributed by atoms with van der Waals surface area (Å²) in [4.78, 5) is 15.7. The van der Waals surface area contributed by atoms with Gasteiger partial charge in [-0.25, -0.2) is 4.98 Å². The Hall–Kier alpha value is -1.64. The zero-order valence-corrected chi connectivity index (χ0v) is 10.0. The number of nitrogens with zero attached hydrogens (tertiary/aromatic N) is 2. The van der Waals surface area contributed by atoms with Crippen molar-refractivity contribution in [3.63, 3.8) is 0 Å². The predicted molar refractivity (Wildman–Crippen MR) is 66.5 cm³/mol. The summed E-state index contributed by atoms with van der Waals surface area (Å²) in [6.07, 6.45) is 7.99. The molecular formula is C14H16N2O. The van der Waals surface area contributed by atoms with Gasteiger partial charge in [0.15, 0.2) is 6.29 Å². The lowest BCUT2D eigenvalue weighted by Gasteiger charge is -2.07. The Kier molecular flexibility index (Phi) is 2.46. The van der Waals surface area contributed by atoms with Crippen molar-refractivity contribution in [1.29, 1.82) is 0 Å². The van der Waals surface area contributed by atoms with Gasteiger partial charge in [0.25, 0.3) is 0 Å². The van der Waals surface area contributed by atoms with Gasteiger partial charge in [-0.15, -0.1) is 0 Å². The van der Waals surface area contributed by atoms with E-state index in [0.29, 0.717) is 5.92 Å². The van der Waals surface area contributed by atoms with E-state index >= 15 is 0 Å². The minimum absolute atomic E-state index is 0.568. The van der Waals surface area contributed by atoms with E-state index in [-0.39, 0.29) is 0 Å². The Bertz CT molecular complexity index is 565. The molecule has 0 unspecified atom stereocenters. The molecule has 0 aliphatic heterocycles. The summed E-state index contributed by atoms with van der Waals surface area (Å²) >= 11 is 0. The van der Waals surface area contributed by atoms with Crippen LogP contribution in [0.2, 0.25) is 0 Å². The van der Waals surface area contributed by atoms with Crippen molar-refractivity contribution < 1.29 is 4.79 Å². The van der Waals surface area contributed by atoms with Crippen LogP contribution >= 0.6 is 0 Å². The molecule has 3 heteroatoms. The van der Waals surface area contributed by atoms with Gasteiger partial charge in [-0.2, -0.15) is 0 Å². The van der Waals surface area contributed by atoms with Crippen molar-refractivity contribution in [3.8, 4) is 0 Å². The Morgan fingerprint density at radius 3 is 2.88 bits per heavy atom. The van der Waals surface area contributed by atoms with Crippen LogP contribution in [0, 0.1) is 6.92 Å². The average Bonchev–Trinajstić information content (AvgIpc) is 2.97. The molecule has 2 aromatic heterocycles. The van der Waals surface area contributed by atoms with Gasteiger partial charge in [-0.05, 0) is 31.9 Å². The summed E-state index contributed by atoms with van der Waals surface area (Å²) in [6, 6.07) is 3.78. The lowest BCUT2D eigenvalue weighted by atomic mass is 10.1. The number of carbonyl (C=O) groups is 1. The van der Waals surface area contributed by atoms with E-state index in [0.717, 1.165) is 28.9 Å². The van der Waals surface area contributed by atoms with Crippen LogP contribution in [0.25, 0.3) is 5.52 Å². The molecule has 2 heterocycles. The summed E-state index contributed by atoms with van der Waals surface area (Å²) in [5.74, 6) is 1.71. The molecule has 88 valence electrons. The molecule has 3 nitrogen and oxygen atoms in total. The van der Waals surface area contributed by atoms with Gasteiger partial charge in [-0.1, -0.05) is 12.8 Å². The Morgan fingerprint density at radius 1 is 1.41 bits per heavy atom. The fourth-order valence-corrected chi connectivity index (χ4v) is 2.95. The molecular weight excluding hydrogens is 212 g/mol. The number of imidazole rings is 1. The van der Waals surface area contributed by atoms with E-state index in [1.165, 1.54) is 25.7 Å². The van der Waals surface area contributed by atoms with Crippen LogP contribution in [0.3, 0.4) is 0 Å². The second-order valence-corrected chi connectivity index (χ2v) is 4.84. The molecule has 0 spiro atoms. The van der Waals surface area contributed by atoms with Crippen molar-refractivity contribution >= 4 is 11.8 Å². The fraction of sp³-hybridized carbons (Fsp3) is 0.429. The third kappa shape index (κ3) is 1.57. The first-order valence-corrected chi connectivity index (χ1v) is 6.24. The molecule has 0 bridgehead atoms. The summed E-state index contributed by atoms with van der Waals surface area (Å²) in [5, 5.41) is 0. The van der Waals surface area contributed by atoms with Gasteiger partial charge in [0.1, 0.15) is 5.82 Å². The first kappa shape index (κ1) is 10.5. The molecule has 1 fully saturated rings. The van der Waals surface area contributed by atoms with Crippen LogP contribution in [0.5, 0.6) is 0 Å². The highest BCUT2D eigenvalue weighted by Gasteiger charge is 2.23. The average molecular weight is 228 g/mol. The highest BCUT2D eigenvalue weighted by molar-refractivity contribution is 5.87. The van der Waals surface area contributed by atoms with Crippen molar-refractivity contribution in [2.45, 2.75) is 38.5 Å². The van der Waals surface area contributed by atoms with Crippen LogP contribution in [0.4, 0.5) is 0 Å². The summed E-state index contributed by atoms with van der Waals surface area (Å²) in [5.41, 5.74) is 2.68. The molecule has 0 N–H and O–H groups in total. The molecule has 0 amide bonds. The van der Waals surface area contributed by atoms with Crippen LogP contribution in [-0.4, -0.2) is 15.7 Å². The summed E-state index contributed by atoms with van der Waals surface area (Å²) < 4.78 is 2.11. The van der Waals surface area contributed by atoms with E-state index in [1.807, 2.05) is 25.3 Å². The molecule has 1 aliphatic carbocycles. The zero-order valence-electron chi connectivity index (χ0n) is 10.0. The molecule has 0 atom stereocenters. The number of hydrogen-bond donors (Lipinski definition) is 0. The normalized spacial score (nSPS) is 16.8. The third-order valence-electron chi connectivity index (χ3n) is 3.74. The number of pyridine rings is 1. The summed E-state index contributed by atoms with van der Waals surface area (Å²) in [7, 11) is 0. The van der Waals surface area contributed by atoms with Gasteiger partial charge in [-0.3, -0.25) is 4.79 Å². The van der Waals surface area contributed by atoms with Gasteiger partial charge in [0, 0.05) is 17.7 Å². The molecule has 1 saturated carbocycles. The van der Waals surface area contributed by atoms with Gasteiger partial charge >= 0.3 is 0 Å². The highest BCUT2D eigenvalue weighted by Crippen LogP contribution is 2.34. The standard InChI is InChI=1S/C14H16N2O/c1-10-13-12(9-17)7-4-8-16(13)14(15-10)11-5-2-3-6-11/h4,7-9,11H,2-3,5-6H2,1H3. The Morgan fingerprint density at radius 2 is 2.18 bits per heavy atom. The quantitative estimate of drug-likeness (QED) is 0.740. The minimum Gasteiger partial charge on any atom is -0.303 e. The lowest BCUT2D eigenvalue weighted by molar-refractivity contribution is 0.112. The van der Waals surface area contributed by atoms with Gasteiger partial charge < -0.3 is 4.40 Å². The lowest BCUT2D eigenvalue weighted by Crippen LogP contribution is -2.00. The first-order valence-electron chi connectivity index (χ1n) is 6.24. The van der Waals surface area contributed by atoms with Crippen molar-refractivity contribution in [1.82, 2.24) is 9.38 Å². The maximum absolute atomic E-state index is 11.1. The molecule has 3 rings (SSSR count). The number of fused-ring (bicyclic) bond motifs is 1. The van der Waals surface area contributed by atoms with Crippen LogP contribution in [-0.2, 0) is 0 Å². The molecule has 2 aromatic rings. The second kappa shape index (κ2) is 3.99. The Balaban J connectivity index is 2.23. The van der Waals surface area contributed by atoms with Crippen LogP contribution in [0.15, 0.2) is 18.3 Å². The molecule has 0 aromatic carbocycles. The topological polar surface area (TPSA) is 34.4 Å². The SMILES string of the molecule is Cc1nc(C2CCCC2)n2cccc(C=O)c12. The van der Waals surface area contributed by atoms with Gasteiger partial charge in [0.05, 0.1) is 11.2 Å². The monoisotopic (exact) mass is 228 g/mol. The third-order valence-corrected chi connectivity index (χ3v) is 3.74. The largest absolute Gasteiger partial charge is 0.303 e. The maximum atomic E-state index is 11.1. The first-order chi connectivity index (χ1) is 8.31. The van der Waals surface area contributed by atoms with Crippen molar-refractivity contribution in [2.75, 3.05) is 0 Å². The number of rotatable bonds is 2. The fourth-order valence-electron chi connectivity index (χ4n) is 2.95. The number of hydrogen-bond acceptors (Lipinski definition) is 2. The molecule has 0 radical (unpaired) electrons. The van der Waals surface area contributed by atoms with Gasteiger partial charge in [0.2, 0.25) is 0 Å². The molecule has 17 heavy (non-hydrogen) atoms. The van der Waals surface area contributed by atoms with Crippen molar-refractivity contribution in [3.05, 3.63) is 35.4 Å². The summed E-state index contributed by atoms with van der Waals surface area (Å²) in [6.45, 7) is 1.99. The second-order valence-electron chi connectivity index (χ2n) is 4.84. The predicted octanol–water partition coefficient (Wildman–Crippen LogP) is 3.11. The highest BCUT2D eigenvalue weighted by atomic mass is 16.1. The van der Waals surface area contributed by atoms with Crippen LogP contribution < -0.4 is 0 Å². The smallest absolute Gasteiger partial charge is 0.152 e. The number of aryl methyl sites for hydroxylation is 1. The Labute approximate surface area is 100 Å². The van der Waals surface area contributed by atoms with E-state index in [4.69, 9.17) is 0 Å². The van der Waals surface area contributed by atoms with E-state index < -0.39 is 0 Å². The number of aromatic nitrogens is 2. The zero-order chi connectivity index (χ0) is 11.8. The maximum Gasteiger partial charge on any atom is 0.152 e. The minimum atomic E-state index is 0.568. The van der Waals surface area contributed by atoms with E-state index in [9.17, 15) is 4.79 Å². The number of aldehydes is 1. The van der Waals surface area contributed by atoms with Crippen molar-refractivity contribution in [2.24, 2.45) is 0 Å². The van der Waals surface area contributed by atoms with Crippen LogP contribution in [0.1, 0.15) is 53.5 Å². The molecule has 0 saturated heterocycles. The van der Waals surface area contributed by atoms with E-state index in [1.54, 1.807) is 0 Å². The van der Waals surface area contributed by atoms with E-state index in [2.05, 4.69) is 9.38 Å². The number of carbonyl (C=O) groups excluding carboxylic acids is 1. The molecule has 1 aliphatic rings.